The van der Waals surface area contributed by atoms with E-state index in [1.807, 2.05) is 0 Å². The largest absolute Gasteiger partial charge is 0.434 e. The Morgan fingerprint density at radius 1 is 1.54 bits per heavy atom. The Labute approximate surface area is 83.4 Å². The van der Waals surface area contributed by atoms with Gasteiger partial charge >= 0.3 is 0 Å². The number of aromatic amines is 1. The number of H-pyrrole nitrogens is 1. The molecule has 0 amide bonds. The zero-order valence-electron chi connectivity index (χ0n) is 8.09. The summed E-state index contributed by atoms with van der Waals surface area (Å²) in [6, 6.07) is 0. The first-order valence-corrected chi connectivity index (χ1v) is 5.28. The lowest BCUT2D eigenvalue weighted by molar-refractivity contribution is 0.310. The van der Waals surface area contributed by atoms with Gasteiger partial charge in [0.05, 0.1) is 5.69 Å². The smallest absolute Gasteiger partial charge is 0.266 e. The van der Waals surface area contributed by atoms with Crippen LogP contribution in [0.5, 0.6) is 0 Å². The third-order valence-electron chi connectivity index (χ3n) is 2.96. The minimum absolute atomic E-state index is 0.536. The summed E-state index contributed by atoms with van der Waals surface area (Å²) in [6.07, 6.45) is 3.41. The summed E-state index contributed by atoms with van der Waals surface area (Å²) >= 11 is 4.96. The Bertz CT molecular complexity index is 350. The summed E-state index contributed by atoms with van der Waals surface area (Å²) in [5, 5.41) is 0. The molecule has 72 valence electrons. The lowest BCUT2D eigenvalue weighted by atomic mass is 9.83. The van der Waals surface area contributed by atoms with Crippen LogP contribution in [0.25, 0.3) is 0 Å². The molecule has 0 aliphatic heterocycles. The van der Waals surface area contributed by atoms with Crippen molar-refractivity contribution in [3.63, 3.8) is 0 Å². The Balaban J connectivity index is 2.24. The molecule has 1 aromatic heterocycles. The third kappa shape index (κ3) is 1.70. The zero-order valence-corrected chi connectivity index (χ0v) is 8.91. The average molecular weight is 197 g/mol. The van der Waals surface area contributed by atoms with Crippen LogP contribution in [0, 0.1) is 16.7 Å². The lowest BCUT2D eigenvalue weighted by Gasteiger charge is -2.23. The maximum absolute atomic E-state index is 5.45. The SMILES string of the molecule is CC(C)C1CCc2[nH]c(=S)oc2C1. The number of oxazole rings is 1. The second kappa shape index (κ2) is 3.29. The molecule has 1 heterocycles. The quantitative estimate of drug-likeness (QED) is 0.701. The summed E-state index contributed by atoms with van der Waals surface area (Å²) in [6.45, 7) is 4.55. The maximum Gasteiger partial charge on any atom is 0.266 e. The van der Waals surface area contributed by atoms with Crippen molar-refractivity contribution < 1.29 is 4.42 Å². The van der Waals surface area contributed by atoms with Crippen molar-refractivity contribution in [2.24, 2.45) is 11.8 Å². The van der Waals surface area contributed by atoms with Crippen molar-refractivity contribution in [3.05, 3.63) is 16.3 Å². The molecule has 1 aromatic rings. The summed E-state index contributed by atoms with van der Waals surface area (Å²) in [5.74, 6) is 2.60. The first kappa shape index (κ1) is 9.00. The number of aromatic nitrogens is 1. The molecule has 3 heteroatoms. The van der Waals surface area contributed by atoms with E-state index in [2.05, 4.69) is 18.8 Å². The molecular weight excluding hydrogens is 182 g/mol. The van der Waals surface area contributed by atoms with E-state index in [9.17, 15) is 0 Å². The number of nitrogens with one attached hydrogen (secondary N) is 1. The topological polar surface area (TPSA) is 28.9 Å². The molecule has 13 heavy (non-hydrogen) atoms. The van der Waals surface area contributed by atoms with Crippen LogP contribution >= 0.6 is 12.2 Å². The van der Waals surface area contributed by atoms with Gasteiger partial charge in [0.15, 0.2) is 0 Å². The molecule has 0 bridgehead atoms. The van der Waals surface area contributed by atoms with E-state index in [4.69, 9.17) is 16.6 Å². The number of aryl methyl sites for hydroxylation is 1. The van der Waals surface area contributed by atoms with Crippen LogP contribution in [0.4, 0.5) is 0 Å². The molecule has 1 atom stereocenters. The minimum Gasteiger partial charge on any atom is -0.434 e. The first-order valence-electron chi connectivity index (χ1n) is 4.87. The van der Waals surface area contributed by atoms with Gasteiger partial charge in [0.25, 0.3) is 4.84 Å². The fraction of sp³-hybridized carbons (Fsp3) is 0.700. The van der Waals surface area contributed by atoms with Crippen LogP contribution in [-0.4, -0.2) is 4.98 Å². The molecule has 0 saturated heterocycles. The predicted octanol–water partition coefficient (Wildman–Crippen LogP) is 3.10. The van der Waals surface area contributed by atoms with Crippen molar-refractivity contribution in [3.8, 4) is 0 Å². The van der Waals surface area contributed by atoms with Gasteiger partial charge in [-0.1, -0.05) is 13.8 Å². The van der Waals surface area contributed by atoms with E-state index >= 15 is 0 Å². The molecule has 0 aromatic carbocycles. The maximum atomic E-state index is 5.45. The highest BCUT2D eigenvalue weighted by molar-refractivity contribution is 7.71. The van der Waals surface area contributed by atoms with Gasteiger partial charge in [0.2, 0.25) is 0 Å². The average Bonchev–Trinajstić information content (AvgIpc) is 2.42. The van der Waals surface area contributed by atoms with Gasteiger partial charge in [-0.25, -0.2) is 0 Å². The Morgan fingerprint density at radius 2 is 2.31 bits per heavy atom. The lowest BCUT2D eigenvalue weighted by Crippen LogP contribution is -2.18. The summed E-state index contributed by atoms with van der Waals surface area (Å²) in [5.41, 5.74) is 1.22. The molecule has 0 radical (unpaired) electrons. The van der Waals surface area contributed by atoms with Crippen molar-refractivity contribution in [1.82, 2.24) is 4.98 Å². The van der Waals surface area contributed by atoms with Gasteiger partial charge in [-0.05, 0) is 36.9 Å². The molecule has 0 saturated carbocycles. The standard InChI is InChI=1S/C10H15NOS/c1-6(2)7-3-4-8-9(5-7)12-10(13)11-8/h6-7H,3-5H2,1-2H3,(H,11,13). The van der Waals surface area contributed by atoms with E-state index in [1.165, 1.54) is 12.1 Å². The van der Waals surface area contributed by atoms with Crippen LogP contribution in [0.2, 0.25) is 0 Å². The van der Waals surface area contributed by atoms with E-state index in [-0.39, 0.29) is 0 Å². The number of fused-ring (bicyclic) bond motifs is 1. The molecule has 1 aliphatic rings. The van der Waals surface area contributed by atoms with Gasteiger partial charge in [-0.15, -0.1) is 0 Å². The van der Waals surface area contributed by atoms with E-state index in [1.54, 1.807) is 0 Å². The predicted molar refractivity (Wildman–Crippen MR) is 54.2 cm³/mol. The van der Waals surface area contributed by atoms with E-state index in [0.717, 1.165) is 30.4 Å². The zero-order chi connectivity index (χ0) is 9.42. The molecule has 2 nitrogen and oxygen atoms in total. The number of rotatable bonds is 1. The van der Waals surface area contributed by atoms with Gasteiger partial charge < -0.3 is 9.40 Å². The summed E-state index contributed by atoms with van der Waals surface area (Å²) in [7, 11) is 0. The summed E-state index contributed by atoms with van der Waals surface area (Å²) < 4.78 is 5.45. The summed E-state index contributed by atoms with van der Waals surface area (Å²) in [4.78, 5) is 3.64. The van der Waals surface area contributed by atoms with Gasteiger partial charge in [-0.3, -0.25) is 0 Å². The van der Waals surface area contributed by atoms with Gasteiger partial charge in [-0.2, -0.15) is 0 Å². The Hall–Kier alpha value is -0.570. The Morgan fingerprint density at radius 3 is 3.00 bits per heavy atom. The van der Waals surface area contributed by atoms with Crippen molar-refractivity contribution in [2.75, 3.05) is 0 Å². The van der Waals surface area contributed by atoms with Crippen molar-refractivity contribution in [1.29, 1.82) is 0 Å². The van der Waals surface area contributed by atoms with Gasteiger partial charge in [0, 0.05) is 6.42 Å². The van der Waals surface area contributed by atoms with Crippen LogP contribution in [0.3, 0.4) is 0 Å². The fourth-order valence-electron chi connectivity index (χ4n) is 2.00. The highest BCUT2D eigenvalue weighted by atomic mass is 32.1. The Kier molecular flexibility index (Phi) is 2.28. The molecule has 2 rings (SSSR count). The first-order chi connectivity index (χ1) is 6.16. The van der Waals surface area contributed by atoms with Crippen molar-refractivity contribution >= 4 is 12.2 Å². The fourth-order valence-corrected chi connectivity index (χ4v) is 2.22. The molecule has 1 aliphatic carbocycles. The monoisotopic (exact) mass is 197 g/mol. The van der Waals surface area contributed by atoms with Crippen LogP contribution < -0.4 is 0 Å². The second-order valence-electron chi connectivity index (χ2n) is 4.16. The number of hydrogen-bond donors (Lipinski definition) is 1. The number of hydrogen-bond acceptors (Lipinski definition) is 2. The molecular formula is C10H15NOS. The normalized spacial score (nSPS) is 21.9. The minimum atomic E-state index is 0.536. The van der Waals surface area contributed by atoms with Crippen molar-refractivity contribution in [2.45, 2.75) is 33.1 Å². The second-order valence-corrected chi connectivity index (χ2v) is 4.53. The molecule has 0 fully saturated rings. The molecule has 0 spiro atoms. The molecule has 1 unspecified atom stereocenters. The highest BCUT2D eigenvalue weighted by Crippen LogP contribution is 2.29. The third-order valence-corrected chi connectivity index (χ3v) is 3.15. The van der Waals surface area contributed by atoms with Crippen LogP contribution in [0.15, 0.2) is 4.42 Å². The van der Waals surface area contributed by atoms with E-state index in [0.29, 0.717) is 4.84 Å². The van der Waals surface area contributed by atoms with Crippen LogP contribution in [-0.2, 0) is 12.8 Å². The van der Waals surface area contributed by atoms with E-state index < -0.39 is 0 Å². The highest BCUT2D eigenvalue weighted by Gasteiger charge is 2.23. The molecule has 1 N–H and O–H groups in total. The van der Waals surface area contributed by atoms with Gasteiger partial charge in [0.1, 0.15) is 5.76 Å². The van der Waals surface area contributed by atoms with Crippen LogP contribution in [0.1, 0.15) is 31.7 Å².